The number of fused-ring (bicyclic) bond motifs is 1. The summed E-state index contributed by atoms with van der Waals surface area (Å²) in [5.74, 6) is -0.706. The van der Waals surface area contributed by atoms with Crippen LogP contribution < -0.4 is 0 Å². The Kier molecular flexibility index (Phi) is 3.52. The Labute approximate surface area is 115 Å². The number of likely N-dealkylation sites (tertiary alicyclic amines) is 1. The molecule has 0 spiro atoms. The van der Waals surface area contributed by atoms with Gasteiger partial charge in [0.15, 0.2) is 4.96 Å². The minimum absolute atomic E-state index is 0.158. The summed E-state index contributed by atoms with van der Waals surface area (Å²) in [6.45, 7) is 1.73. The fraction of sp³-hybridized carbons (Fsp3) is 0.538. The molecule has 2 aromatic heterocycles. The van der Waals surface area contributed by atoms with E-state index in [9.17, 15) is 4.79 Å². The number of rotatable bonds is 4. The highest BCUT2D eigenvalue weighted by molar-refractivity contribution is 7.15. The third-order valence-corrected chi connectivity index (χ3v) is 4.44. The molecule has 19 heavy (non-hydrogen) atoms. The van der Waals surface area contributed by atoms with Crippen molar-refractivity contribution in [1.82, 2.24) is 14.3 Å². The molecule has 1 fully saturated rings. The molecule has 3 rings (SSSR count). The predicted molar refractivity (Wildman–Crippen MR) is 73.4 cm³/mol. The van der Waals surface area contributed by atoms with Gasteiger partial charge in [-0.3, -0.25) is 14.1 Å². The van der Waals surface area contributed by atoms with Crippen LogP contribution in [0, 0.1) is 0 Å². The van der Waals surface area contributed by atoms with E-state index in [1.165, 1.54) is 0 Å². The molecule has 0 radical (unpaired) electrons. The van der Waals surface area contributed by atoms with Crippen LogP contribution in [0.2, 0.25) is 0 Å². The minimum Gasteiger partial charge on any atom is -0.481 e. The minimum atomic E-state index is -0.706. The summed E-state index contributed by atoms with van der Waals surface area (Å²) in [6.07, 6.45) is 7.54. The molecule has 0 bridgehead atoms. The molecular formula is C13H17N3O2S. The summed E-state index contributed by atoms with van der Waals surface area (Å²) in [6, 6.07) is 0.158. The standard InChI is InChI=1S/C13H17N3O2S/c17-12(18)7-11-3-1-2-4-15(11)8-10-9-16-5-6-19-13(16)14-10/h5-6,9,11H,1-4,7-8H2,(H,17,18). The Morgan fingerprint density at radius 3 is 3.21 bits per heavy atom. The van der Waals surface area contributed by atoms with E-state index in [2.05, 4.69) is 9.88 Å². The highest BCUT2D eigenvalue weighted by Crippen LogP contribution is 2.22. The summed E-state index contributed by atoms with van der Waals surface area (Å²) in [4.78, 5) is 18.8. The molecule has 1 aliphatic heterocycles. The van der Waals surface area contributed by atoms with Crippen LogP contribution in [-0.4, -0.2) is 37.9 Å². The molecular weight excluding hydrogens is 262 g/mol. The number of aromatic nitrogens is 2. The molecule has 0 saturated carbocycles. The number of thiazole rings is 1. The van der Waals surface area contributed by atoms with Gasteiger partial charge in [-0.25, -0.2) is 4.98 Å². The Hall–Kier alpha value is -1.40. The van der Waals surface area contributed by atoms with Crippen molar-refractivity contribution in [2.45, 2.75) is 38.3 Å². The second kappa shape index (κ2) is 5.30. The molecule has 2 aromatic rings. The van der Waals surface area contributed by atoms with Crippen LogP contribution in [0.5, 0.6) is 0 Å². The van der Waals surface area contributed by atoms with E-state index in [1.807, 2.05) is 22.2 Å². The van der Waals surface area contributed by atoms with Gasteiger partial charge in [-0.15, -0.1) is 11.3 Å². The van der Waals surface area contributed by atoms with E-state index in [1.54, 1.807) is 11.3 Å². The van der Waals surface area contributed by atoms with Crippen molar-refractivity contribution in [3.8, 4) is 0 Å². The van der Waals surface area contributed by atoms with Crippen LogP contribution in [0.1, 0.15) is 31.4 Å². The average Bonchev–Trinajstić information content (AvgIpc) is 2.91. The van der Waals surface area contributed by atoms with Crippen molar-refractivity contribution < 1.29 is 9.90 Å². The average molecular weight is 279 g/mol. The molecule has 0 aliphatic carbocycles. The number of aliphatic carboxylic acids is 1. The zero-order valence-corrected chi connectivity index (χ0v) is 11.5. The number of carboxylic acid groups (broad SMARTS) is 1. The maximum absolute atomic E-state index is 10.9. The van der Waals surface area contributed by atoms with Gasteiger partial charge in [0.05, 0.1) is 12.1 Å². The van der Waals surface area contributed by atoms with Gasteiger partial charge in [0.25, 0.3) is 0 Å². The first kappa shape index (κ1) is 12.6. The van der Waals surface area contributed by atoms with E-state index in [0.717, 1.165) is 43.0 Å². The van der Waals surface area contributed by atoms with Crippen molar-refractivity contribution in [3.05, 3.63) is 23.5 Å². The van der Waals surface area contributed by atoms with Crippen molar-refractivity contribution in [2.75, 3.05) is 6.54 Å². The molecule has 1 aliphatic rings. The van der Waals surface area contributed by atoms with Crippen LogP contribution in [0.3, 0.4) is 0 Å². The van der Waals surface area contributed by atoms with E-state index >= 15 is 0 Å². The fourth-order valence-electron chi connectivity index (χ4n) is 2.76. The first-order valence-electron chi connectivity index (χ1n) is 6.59. The quantitative estimate of drug-likeness (QED) is 0.932. The van der Waals surface area contributed by atoms with Gasteiger partial charge in [0, 0.05) is 30.4 Å². The van der Waals surface area contributed by atoms with Crippen LogP contribution >= 0.6 is 11.3 Å². The first-order chi connectivity index (χ1) is 9.22. The summed E-state index contributed by atoms with van der Waals surface area (Å²) in [5.41, 5.74) is 1.03. The number of piperidine rings is 1. The normalized spacial score (nSPS) is 20.9. The zero-order valence-electron chi connectivity index (χ0n) is 10.7. The van der Waals surface area contributed by atoms with E-state index in [4.69, 9.17) is 5.11 Å². The van der Waals surface area contributed by atoms with Gasteiger partial charge in [0.2, 0.25) is 0 Å². The molecule has 0 aromatic carbocycles. The number of imidazole rings is 1. The fourth-order valence-corrected chi connectivity index (χ4v) is 3.48. The number of carbonyl (C=O) groups is 1. The van der Waals surface area contributed by atoms with Gasteiger partial charge in [0.1, 0.15) is 0 Å². The Balaban J connectivity index is 1.72. The summed E-state index contributed by atoms with van der Waals surface area (Å²) < 4.78 is 2.02. The van der Waals surface area contributed by atoms with Crippen molar-refractivity contribution in [1.29, 1.82) is 0 Å². The van der Waals surface area contributed by atoms with Gasteiger partial charge in [-0.05, 0) is 19.4 Å². The second-order valence-electron chi connectivity index (χ2n) is 5.04. The summed E-state index contributed by atoms with van der Waals surface area (Å²) in [5, 5.41) is 11.0. The lowest BCUT2D eigenvalue weighted by molar-refractivity contribution is -0.138. The number of hydrogen-bond donors (Lipinski definition) is 1. The highest BCUT2D eigenvalue weighted by atomic mass is 32.1. The van der Waals surface area contributed by atoms with Crippen molar-refractivity contribution in [3.63, 3.8) is 0 Å². The molecule has 0 amide bonds. The lowest BCUT2D eigenvalue weighted by Gasteiger charge is -2.34. The SMILES string of the molecule is O=C(O)CC1CCCCN1Cc1cn2ccsc2n1. The third kappa shape index (κ3) is 2.79. The van der Waals surface area contributed by atoms with E-state index in [-0.39, 0.29) is 12.5 Å². The van der Waals surface area contributed by atoms with Crippen molar-refractivity contribution in [2.24, 2.45) is 0 Å². The lowest BCUT2D eigenvalue weighted by Crippen LogP contribution is -2.40. The highest BCUT2D eigenvalue weighted by Gasteiger charge is 2.25. The maximum atomic E-state index is 10.9. The molecule has 1 atom stereocenters. The zero-order chi connectivity index (χ0) is 13.2. The van der Waals surface area contributed by atoms with Crippen LogP contribution in [0.4, 0.5) is 0 Å². The van der Waals surface area contributed by atoms with Crippen LogP contribution in [0.25, 0.3) is 4.96 Å². The Bertz CT molecular complexity index is 549. The van der Waals surface area contributed by atoms with E-state index < -0.39 is 5.97 Å². The lowest BCUT2D eigenvalue weighted by atomic mass is 9.99. The number of nitrogens with zero attached hydrogens (tertiary/aromatic N) is 3. The van der Waals surface area contributed by atoms with Gasteiger partial charge < -0.3 is 5.11 Å². The summed E-state index contributed by atoms with van der Waals surface area (Å²) in [7, 11) is 0. The number of hydrogen-bond acceptors (Lipinski definition) is 4. The molecule has 1 unspecified atom stereocenters. The predicted octanol–water partition coefficient (Wildman–Crippen LogP) is 2.23. The number of carboxylic acids is 1. The largest absolute Gasteiger partial charge is 0.481 e. The Morgan fingerprint density at radius 2 is 2.42 bits per heavy atom. The van der Waals surface area contributed by atoms with Gasteiger partial charge >= 0.3 is 5.97 Å². The van der Waals surface area contributed by atoms with Crippen LogP contribution in [0.15, 0.2) is 17.8 Å². The van der Waals surface area contributed by atoms with Crippen LogP contribution in [-0.2, 0) is 11.3 Å². The Morgan fingerprint density at radius 1 is 1.53 bits per heavy atom. The van der Waals surface area contributed by atoms with Gasteiger partial charge in [-0.2, -0.15) is 0 Å². The van der Waals surface area contributed by atoms with Crippen molar-refractivity contribution >= 4 is 22.3 Å². The monoisotopic (exact) mass is 279 g/mol. The maximum Gasteiger partial charge on any atom is 0.304 e. The molecule has 5 nitrogen and oxygen atoms in total. The first-order valence-corrected chi connectivity index (χ1v) is 7.47. The third-order valence-electron chi connectivity index (χ3n) is 3.67. The van der Waals surface area contributed by atoms with Gasteiger partial charge in [-0.1, -0.05) is 6.42 Å². The molecule has 3 heterocycles. The summed E-state index contributed by atoms with van der Waals surface area (Å²) >= 11 is 1.62. The van der Waals surface area contributed by atoms with E-state index in [0.29, 0.717) is 0 Å². The second-order valence-corrected chi connectivity index (χ2v) is 5.92. The smallest absolute Gasteiger partial charge is 0.304 e. The molecule has 6 heteroatoms. The molecule has 1 saturated heterocycles. The molecule has 102 valence electrons. The topological polar surface area (TPSA) is 57.8 Å². The molecule has 1 N–H and O–H groups in total.